The number of nitrogens with zero attached hydrogens (tertiary/aromatic N) is 1. The Morgan fingerprint density at radius 2 is 2.21 bits per heavy atom. The van der Waals surface area contributed by atoms with Gasteiger partial charge in [0.25, 0.3) is 0 Å². The minimum Gasteiger partial charge on any atom is -0.489 e. The molecular weight excluding hydrogens is 240 g/mol. The third-order valence-corrected chi connectivity index (χ3v) is 2.57. The number of amides is 1. The zero-order valence-electron chi connectivity index (χ0n) is 10.8. The first-order valence-electron chi connectivity index (χ1n) is 6.19. The van der Waals surface area contributed by atoms with Crippen LogP contribution in [0.4, 0.5) is 5.69 Å². The molecule has 0 saturated heterocycles. The van der Waals surface area contributed by atoms with Gasteiger partial charge in [0.05, 0.1) is 0 Å². The number of nitrogens with one attached hydrogen (secondary N) is 1. The van der Waals surface area contributed by atoms with Crippen LogP contribution >= 0.6 is 0 Å². The minimum atomic E-state index is -0.00981. The van der Waals surface area contributed by atoms with E-state index < -0.39 is 0 Å². The van der Waals surface area contributed by atoms with Gasteiger partial charge in [-0.05, 0) is 18.2 Å². The molecule has 0 aliphatic heterocycles. The number of benzene rings is 1. The van der Waals surface area contributed by atoms with Crippen LogP contribution in [0, 0.1) is 0 Å². The van der Waals surface area contributed by atoms with Crippen molar-refractivity contribution < 1.29 is 9.53 Å². The van der Waals surface area contributed by atoms with E-state index in [1.54, 1.807) is 12.4 Å². The van der Waals surface area contributed by atoms with Crippen LogP contribution in [-0.4, -0.2) is 10.9 Å². The SMILES string of the molecule is CCC(=O)Nc1cccc(OCc2cccnc2)c1. The second-order valence-electron chi connectivity index (χ2n) is 4.08. The number of rotatable bonds is 5. The van der Waals surface area contributed by atoms with Crippen LogP contribution < -0.4 is 10.1 Å². The Morgan fingerprint density at radius 3 is 2.95 bits per heavy atom. The number of hydrogen-bond donors (Lipinski definition) is 1. The number of pyridine rings is 1. The highest BCUT2D eigenvalue weighted by Crippen LogP contribution is 2.18. The average Bonchev–Trinajstić information content (AvgIpc) is 2.46. The first kappa shape index (κ1) is 13.1. The second-order valence-corrected chi connectivity index (χ2v) is 4.08. The third-order valence-electron chi connectivity index (χ3n) is 2.57. The highest BCUT2D eigenvalue weighted by Gasteiger charge is 2.01. The predicted molar refractivity (Wildman–Crippen MR) is 73.9 cm³/mol. The zero-order valence-corrected chi connectivity index (χ0v) is 10.8. The summed E-state index contributed by atoms with van der Waals surface area (Å²) in [4.78, 5) is 15.3. The number of ether oxygens (including phenoxy) is 1. The summed E-state index contributed by atoms with van der Waals surface area (Å²) in [5.41, 5.74) is 1.75. The van der Waals surface area contributed by atoms with Crippen molar-refractivity contribution in [3.05, 3.63) is 54.4 Å². The molecule has 0 bridgehead atoms. The van der Waals surface area contributed by atoms with Gasteiger partial charge < -0.3 is 10.1 Å². The summed E-state index contributed by atoms with van der Waals surface area (Å²) in [5, 5.41) is 2.80. The third kappa shape index (κ3) is 4.10. The molecule has 0 radical (unpaired) electrons. The average molecular weight is 256 g/mol. The van der Waals surface area contributed by atoms with Crippen molar-refractivity contribution >= 4 is 11.6 Å². The highest BCUT2D eigenvalue weighted by molar-refractivity contribution is 5.90. The highest BCUT2D eigenvalue weighted by atomic mass is 16.5. The maximum Gasteiger partial charge on any atom is 0.224 e. The van der Waals surface area contributed by atoms with Crippen molar-refractivity contribution in [2.45, 2.75) is 20.0 Å². The molecule has 4 nitrogen and oxygen atoms in total. The fourth-order valence-electron chi connectivity index (χ4n) is 1.56. The first-order chi connectivity index (χ1) is 9.28. The lowest BCUT2D eigenvalue weighted by molar-refractivity contribution is -0.115. The number of carbonyl (C=O) groups excluding carboxylic acids is 1. The van der Waals surface area contributed by atoms with Crippen LogP contribution in [0.3, 0.4) is 0 Å². The molecule has 0 aliphatic carbocycles. The second kappa shape index (κ2) is 6.54. The van der Waals surface area contributed by atoms with E-state index in [0.29, 0.717) is 13.0 Å². The fraction of sp³-hybridized carbons (Fsp3) is 0.200. The van der Waals surface area contributed by atoms with E-state index in [1.807, 2.05) is 43.3 Å². The molecule has 98 valence electrons. The first-order valence-corrected chi connectivity index (χ1v) is 6.19. The molecule has 0 saturated carbocycles. The van der Waals surface area contributed by atoms with E-state index >= 15 is 0 Å². The lowest BCUT2D eigenvalue weighted by Gasteiger charge is -2.08. The van der Waals surface area contributed by atoms with Gasteiger partial charge in [-0.3, -0.25) is 9.78 Å². The molecule has 4 heteroatoms. The molecule has 0 unspecified atom stereocenters. The summed E-state index contributed by atoms with van der Waals surface area (Å²) < 4.78 is 5.66. The summed E-state index contributed by atoms with van der Waals surface area (Å²) in [6.07, 6.45) is 3.95. The molecule has 1 heterocycles. The fourth-order valence-corrected chi connectivity index (χ4v) is 1.56. The molecule has 1 amide bonds. The Bertz CT molecular complexity index is 541. The van der Waals surface area contributed by atoms with Gasteiger partial charge in [-0.15, -0.1) is 0 Å². The summed E-state index contributed by atoms with van der Waals surface area (Å²) in [6.45, 7) is 2.27. The van der Waals surface area contributed by atoms with Crippen LogP contribution in [0.1, 0.15) is 18.9 Å². The van der Waals surface area contributed by atoms with E-state index in [1.165, 1.54) is 0 Å². The van der Waals surface area contributed by atoms with Crippen molar-refractivity contribution in [2.24, 2.45) is 0 Å². The van der Waals surface area contributed by atoms with E-state index in [2.05, 4.69) is 10.3 Å². The topological polar surface area (TPSA) is 51.2 Å². The predicted octanol–water partition coefficient (Wildman–Crippen LogP) is 3.01. The van der Waals surface area contributed by atoms with E-state index in [4.69, 9.17) is 4.74 Å². The van der Waals surface area contributed by atoms with Crippen molar-refractivity contribution in [3.63, 3.8) is 0 Å². The van der Waals surface area contributed by atoms with Crippen molar-refractivity contribution in [2.75, 3.05) is 5.32 Å². The van der Waals surface area contributed by atoms with Gasteiger partial charge in [0, 0.05) is 36.1 Å². The van der Waals surface area contributed by atoms with Crippen LogP contribution in [0.15, 0.2) is 48.8 Å². The summed E-state index contributed by atoms with van der Waals surface area (Å²) in [6, 6.07) is 11.2. The van der Waals surface area contributed by atoms with Crippen LogP contribution in [0.2, 0.25) is 0 Å². The van der Waals surface area contributed by atoms with Gasteiger partial charge in [-0.25, -0.2) is 0 Å². The summed E-state index contributed by atoms with van der Waals surface area (Å²) in [5.74, 6) is 0.710. The molecule has 1 aromatic carbocycles. The molecule has 2 rings (SSSR count). The Morgan fingerprint density at radius 1 is 1.32 bits per heavy atom. The molecule has 0 aliphatic rings. The number of anilines is 1. The number of aromatic nitrogens is 1. The maximum absolute atomic E-state index is 11.3. The van der Waals surface area contributed by atoms with Crippen LogP contribution in [-0.2, 0) is 11.4 Å². The smallest absolute Gasteiger partial charge is 0.224 e. The minimum absolute atomic E-state index is 0.00981. The van der Waals surface area contributed by atoms with Gasteiger partial charge in [0.2, 0.25) is 5.91 Å². The van der Waals surface area contributed by atoms with Gasteiger partial charge in [0.1, 0.15) is 12.4 Å². The Balaban J connectivity index is 1.97. The quantitative estimate of drug-likeness (QED) is 0.894. The molecule has 1 aromatic heterocycles. The molecule has 2 aromatic rings. The largest absolute Gasteiger partial charge is 0.489 e. The monoisotopic (exact) mass is 256 g/mol. The normalized spacial score (nSPS) is 9.95. The van der Waals surface area contributed by atoms with Crippen LogP contribution in [0.25, 0.3) is 0 Å². The van der Waals surface area contributed by atoms with Crippen molar-refractivity contribution in [1.82, 2.24) is 4.98 Å². The van der Waals surface area contributed by atoms with Gasteiger partial charge >= 0.3 is 0 Å². The Hall–Kier alpha value is -2.36. The lowest BCUT2D eigenvalue weighted by Crippen LogP contribution is -2.09. The lowest BCUT2D eigenvalue weighted by atomic mass is 10.3. The summed E-state index contributed by atoms with van der Waals surface area (Å²) >= 11 is 0. The molecule has 0 fully saturated rings. The Labute approximate surface area is 112 Å². The van der Waals surface area contributed by atoms with Gasteiger partial charge in [0.15, 0.2) is 0 Å². The molecule has 0 spiro atoms. The van der Waals surface area contributed by atoms with Crippen molar-refractivity contribution in [1.29, 1.82) is 0 Å². The van der Waals surface area contributed by atoms with E-state index in [0.717, 1.165) is 17.0 Å². The molecule has 1 N–H and O–H groups in total. The molecule has 0 atom stereocenters. The van der Waals surface area contributed by atoms with Crippen LogP contribution in [0.5, 0.6) is 5.75 Å². The Kier molecular flexibility index (Phi) is 4.50. The van der Waals surface area contributed by atoms with Gasteiger partial charge in [-0.1, -0.05) is 19.1 Å². The standard InChI is InChI=1S/C15H16N2O2/c1-2-15(18)17-13-6-3-7-14(9-13)19-11-12-5-4-8-16-10-12/h3-10H,2,11H2,1H3,(H,17,18). The summed E-state index contributed by atoms with van der Waals surface area (Å²) in [7, 11) is 0. The molecule has 19 heavy (non-hydrogen) atoms. The van der Waals surface area contributed by atoms with E-state index in [9.17, 15) is 4.79 Å². The number of hydrogen-bond acceptors (Lipinski definition) is 3. The van der Waals surface area contributed by atoms with Gasteiger partial charge in [-0.2, -0.15) is 0 Å². The zero-order chi connectivity index (χ0) is 13.5. The maximum atomic E-state index is 11.3. The molecular formula is C15H16N2O2. The van der Waals surface area contributed by atoms with Crippen molar-refractivity contribution in [3.8, 4) is 5.75 Å². The van der Waals surface area contributed by atoms with E-state index in [-0.39, 0.29) is 5.91 Å². The number of carbonyl (C=O) groups is 1.